The van der Waals surface area contributed by atoms with Gasteiger partial charge in [-0.25, -0.2) is 4.39 Å². The van der Waals surface area contributed by atoms with Crippen molar-refractivity contribution in [1.82, 2.24) is 20.1 Å². The molecule has 3 rings (SSSR count). The van der Waals surface area contributed by atoms with Gasteiger partial charge in [-0.05, 0) is 37.5 Å². The maximum atomic E-state index is 13.1. The minimum atomic E-state index is -0.252. The predicted octanol–water partition coefficient (Wildman–Crippen LogP) is 2.67. The molecule has 128 valence electrons. The predicted molar refractivity (Wildman–Crippen MR) is 91.3 cm³/mol. The number of halogens is 1. The van der Waals surface area contributed by atoms with E-state index in [2.05, 4.69) is 15.5 Å². The number of nitrogens with zero attached hydrogens (tertiary/aromatic N) is 3. The zero-order valence-corrected chi connectivity index (χ0v) is 14.6. The second-order valence-electron chi connectivity index (χ2n) is 6.34. The van der Waals surface area contributed by atoms with Crippen molar-refractivity contribution >= 4 is 17.7 Å². The van der Waals surface area contributed by atoms with Crippen molar-refractivity contribution in [2.75, 3.05) is 6.54 Å². The lowest BCUT2D eigenvalue weighted by molar-refractivity contribution is -0.120. The van der Waals surface area contributed by atoms with Crippen LogP contribution in [0.15, 0.2) is 35.7 Å². The maximum absolute atomic E-state index is 13.1. The molecule has 2 aromatic rings. The fourth-order valence-corrected chi connectivity index (χ4v) is 3.78. The average molecular weight is 348 g/mol. The number of benzene rings is 1. The zero-order valence-electron chi connectivity index (χ0n) is 13.8. The number of carbonyl (C=O) groups excluding carboxylic acids is 1. The summed E-state index contributed by atoms with van der Waals surface area (Å²) >= 11 is 1.39. The molecule has 24 heavy (non-hydrogen) atoms. The molecular formula is C17H21FN4OS. The third-order valence-corrected chi connectivity index (χ3v) is 5.84. The highest BCUT2D eigenvalue weighted by molar-refractivity contribution is 8.00. The van der Waals surface area contributed by atoms with Gasteiger partial charge in [0.15, 0.2) is 5.16 Å². The Hall–Kier alpha value is -1.89. The molecule has 1 fully saturated rings. The van der Waals surface area contributed by atoms with Gasteiger partial charge in [-0.3, -0.25) is 4.79 Å². The maximum Gasteiger partial charge on any atom is 0.233 e. The largest absolute Gasteiger partial charge is 0.354 e. The van der Waals surface area contributed by atoms with Gasteiger partial charge in [0.25, 0.3) is 0 Å². The quantitative estimate of drug-likeness (QED) is 0.816. The summed E-state index contributed by atoms with van der Waals surface area (Å²) in [5, 5.41) is 11.3. The zero-order chi connectivity index (χ0) is 17.2. The standard InChI is InChI=1S/C17H21FN4OS/c1-12(24-16-21-20-11-22(16)2)15(23)19-10-17(8-3-9-17)13-4-6-14(18)7-5-13/h4-7,11-12H,3,8-10H2,1-2H3,(H,19,23). The summed E-state index contributed by atoms with van der Waals surface area (Å²) < 4.78 is 14.9. The van der Waals surface area contributed by atoms with Gasteiger partial charge in [-0.2, -0.15) is 0 Å². The van der Waals surface area contributed by atoms with Gasteiger partial charge in [-0.15, -0.1) is 10.2 Å². The Bertz CT molecular complexity index is 712. The first-order chi connectivity index (χ1) is 11.5. The minimum absolute atomic E-state index is 0.0172. The van der Waals surface area contributed by atoms with Gasteiger partial charge < -0.3 is 9.88 Å². The molecule has 0 bridgehead atoms. The van der Waals surface area contributed by atoms with Crippen LogP contribution in [0.1, 0.15) is 31.7 Å². The molecule has 0 radical (unpaired) electrons. The van der Waals surface area contributed by atoms with Crippen LogP contribution in [-0.4, -0.2) is 32.5 Å². The fourth-order valence-electron chi connectivity index (χ4n) is 2.97. The average Bonchev–Trinajstić information content (AvgIpc) is 2.92. The summed E-state index contributed by atoms with van der Waals surface area (Å²) in [7, 11) is 1.85. The highest BCUT2D eigenvalue weighted by Gasteiger charge is 2.39. The fraction of sp³-hybridized carbons (Fsp3) is 0.471. The molecule has 1 N–H and O–H groups in total. The summed E-state index contributed by atoms with van der Waals surface area (Å²) in [5.74, 6) is -0.248. The Balaban J connectivity index is 1.60. The van der Waals surface area contributed by atoms with E-state index < -0.39 is 0 Å². The number of aryl methyl sites for hydroxylation is 1. The molecule has 1 atom stereocenters. The first-order valence-electron chi connectivity index (χ1n) is 8.05. The van der Waals surface area contributed by atoms with E-state index in [1.165, 1.54) is 23.9 Å². The lowest BCUT2D eigenvalue weighted by atomic mass is 9.64. The number of nitrogens with one attached hydrogen (secondary N) is 1. The topological polar surface area (TPSA) is 59.8 Å². The van der Waals surface area contributed by atoms with Crippen LogP contribution < -0.4 is 5.32 Å². The van der Waals surface area contributed by atoms with Gasteiger partial charge in [-0.1, -0.05) is 30.3 Å². The molecule has 1 unspecified atom stereocenters. The molecule has 7 heteroatoms. The highest BCUT2D eigenvalue weighted by Crippen LogP contribution is 2.43. The Morgan fingerprint density at radius 1 is 1.42 bits per heavy atom. The molecule has 1 amide bonds. The molecule has 0 spiro atoms. The number of rotatable bonds is 6. The van der Waals surface area contributed by atoms with Crippen molar-refractivity contribution < 1.29 is 9.18 Å². The van der Waals surface area contributed by atoms with Crippen LogP contribution in [0.3, 0.4) is 0 Å². The van der Waals surface area contributed by atoms with Gasteiger partial charge in [0.1, 0.15) is 12.1 Å². The van der Waals surface area contributed by atoms with Crippen LogP contribution in [0, 0.1) is 5.82 Å². The summed E-state index contributed by atoms with van der Waals surface area (Å²) in [5.41, 5.74) is 1.04. The summed E-state index contributed by atoms with van der Waals surface area (Å²) in [4.78, 5) is 12.4. The van der Waals surface area contributed by atoms with Crippen LogP contribution in [0.25, 0.3) is 0 Å². The van der Waals surface area contributed by atoms with Crippen LogP contribution in [0.5, 0.6) is 0 Å². The number of thioether (sulfide) groups is 1. The molecule has 1 aromatic carbocycles. The third kappa shape index (κ3) is 3.45. The van der Waals surface area contributed by atoms with Crippen molar-refractivity contribution in [2.45, 2.75) is 42.0 Å². The lowest BCUT2D eigenvalue weighted by Crippen LogP contribution is -2.47. The van der Waals surface area contributed by atoms with E-state index in [1.54, 1.807) is 10.9 Å². The highest BCUT2D eigenvalue weighted by atomic mass is 32.2. The van der Waals surface area contributed by atoms with Crippen LogP contribution in [0.2, 0.25) is 0 Å². The smallest absolute Gasteiger partial charge is 0.233 e. The molecular weight excluding hydrogens is 327 g/mol. The summed E-state index contributed by atoms with van der Waals surface area (Å²) in [6.07, 6.45) is 4.79. The van der Waals surface area contributed by atoms with Gasteiger partial charge in [0.2, 0.25) is 5.91 Å². The molecule has 1 aliphatic rings. The Labute approximate surface area is 145 Å². The molecule has 1 saturated carbocycles. The van der Waals surface area contributed by atoms with Crippen LogP contribution in [0.4, 0.5) is 4.39 Å². The van der Waals surface area contributed by atoms with Crippen molar-refractivity contribution in [3.63, 3.8) is 0 Å². The lowest BCUT2D eigenvalue weighted by Gasteiger charge is -2.42. The number of carbonyl (C=O) groups is 1. The van der Waals surface area contributed by atoms with E-state index in [9.17, 15) is 9.18 Å². The number of aromatic nitrogens is 3. The molecule has 1 heterocycles. The van der Waals surface area contributed by atoms with Crippen LogP contribution >= 0.6 is 11.8 Å². The van der Waals surface area contributed by atoms with E-state index in [1.807, 2.05) is 26.1 Å². The Morgan fingerprint density at radius 2 is 2.12 bits per heavy atom. The molecule has 0 saturated heterocycles. The molecule has 1 aromatic heterocycles. The molecule has 1 aliphatic carbocycles. The SMILES string of the molecule is CC(Sc1nncn1C)C(=O)NCC1(c2ccc(F)cc2)CCC1. The number of amides is 1. The van der Waals surface area contributed by atoms with Gasteiger partial charge in [0, 0.05) is 19.0 Å². The second-order valence-corrected chi connectivity index (χ2v) is 7.65. The first-order valence-corrected chi connectivity index (χ1v) is 8.93. The minimum Gasteiger partial charge on any atom is -0.354 e. The molecule has 5 nitrogen and oxygen atoms in total. The Kier molecular flexibility index (Phi) is 4.89. The molecule has 0 aliphatic heterocycles. The third-order valence-electron chi connectivity index (χ3n) is 4.69. The van der Waals surface area contributed by atoms with E-state index >= 15 is 0 Å². The van der Waals surface area contributed by atoms with Gasteiger partial charge >= 0.3 is 0 Å². The van der Waals surface area contributed by atoms with Crippen molar-refractivity contribution in [1.29, 1.82) is 0 Å². The van der Waals surface area contributed by atoms with E-state index in [0.717, 1.165) is 30.0 Å². The normalized spacial score (nSPS) is 17.1. The van der Waals surface area contributed by atoms with Gasteiger partial charge in [0.05, 0.1) is 5.25 Å². The number of hydrogen-bond acceptors (Lipinski definition) is 4. The van der Waals surface area contributed by atoms with Crippen molar-refractivity contribution in [3.05, 3.63) is 42.0 Å². The van der Waals surface area contributed by atoms with Crippen LogP contribution in [-0.2, 0) is 17.3 Å². The first kappa shape index (κ1) is 17.0. The summed E-state index contributed by atoms with van der Waals surface area (Å²) in [6.45, 7) is 2.45. The second kappa shape index (κ2) is 6.93. The summed E-state index contributed by atoms with van der Waals surface area (Å²) in [6, 6.07) is 6.64. The van der Waals surface area contributed by atoms with Crippen molar-refractivity contribution in [2.24, 2.45) is 7.05 Å². The van der Waals surface area contributed by atoms with E-state index in [0.29, 0.717) is 6.54 Å². The van der Waals surface area contributed by atoms with Crippen molar-refractivity contribution in [3.8, 4) is 0 Å². The van der Waals surface area contributed by atoms with E-state index in [4.69, 9.17) is 0 Å². The number of hydrogen-bond donors (Lipinski definition) is 1. The monoisotopic (exact) mass is 348 g/mol. The Morgan fingerprint density at radius 3 is 2.67 bits per heavy atom. The van der Waals surface area contributed by atoms with E-state index in [-0.39, 0.29) is 22.4 Å².